The number of β-amino-alcohol motifs (C(OH)–C–C–N with tert-alkyl or cyclic N) is 1. The molecule has 0 aliphatic carbocycles. The molecule has 8 rings (SSSR count). The van der Waals surface area contributed by atoms with E-state index in [-0.39, 0.29) is 42.5 Å². The van der Waals surface area contributed by atoms with Crippen LogP contribution >= 0.6 is 11.3 Å². The highest BCUT2D eigenvalue weighted by atomic mass is 32.1. The number of aliphatic hydroxyl groups excluding tert-OH is 1. The van der Waals surface area contributed by atoms with Gasteiger partial charge in [0.1, 0.15) is 35.9 Å². The number of nitrogens with one attached hydrogen (secondary N) is 2. The summed E-state index contributed by atoms with van der Waals surface area (Å²) in [6.07, 6.45) is 5.18. The van der Waals surface area contributed by atoms with E-state index >= 15 is 0 Å². The molecule has 0 bridgehead atoms. The smallest absolute Gasteiger partial charge is 0.246 e. The van der Waals surface area contributed by atoms with Crippen LogP contribution in [0.2, 0.25) is 0 Å². The second-order valence-corrected chi connectivity index (χ2v) is 21.2. The molecule has 0 spiro atoms. The van der Waals surface area contributed by atoms with Crippen LogP contribution in [0.3, 0.4) is 0 Å². The van der Waals surface area contributed by atoms with Gasteiger partial charge in [-0.15, -0.1) is 11.3 Å². The van der Waals surface area contributed by atoms with E-state index in [1.807, 2.05) is 117 Å². The number of likely N-dealkylation sites (tertiary alicyclic amines) is 2. The number of unbranched alkanes of at least 4 members (excludes halogenated alkanes) is 1. The molecule has 2 amide bonds. The first-order chi connectivity index (χ1) is 36.4. The molecule has 0 unspecified atom stereocenters. The van der Waals surface area contributed by atoms with Crippen molar-refractivity contribution in [1.82, 2.24) is 45.2 Å². The predicted molar refractivity (Wildman–Crippen MR) is 290 cm³/mol. The van der Waals surface area contributed by atoms with E-state index < -0.39 is 12.1 Å². The van der Waals surface area contributed by atoms with Crippen molar-refractivity contribution >= 4 is 40.0 Å². The standard InChI is InChI=1S/C56H74N10O8S/c1-39-52(75-38-61-39)42-14-12-40(13-15-42)33-58-55(69)47-32-44(67)34-65(47)35-48(56(2,3)4)62-49(68)36-73-31-30-72-29-28-71-27-26-70-25-9-8-22-64-23-20-43(21-24-64)66-54-50(53(57)59-37-60-54)51(63-66)41-16-18-46(19-17-41)74-45-10-6-5-7-11-45/h5-7,10-19,37-38,43-44,47-48,67H,8-9,20-36H2,1-4H3,(H,58,69)(H,62,68)(H2,57,59,60)/t44-,47+,48-/m1/s1. The number of ether oxygens (including phenoxy) is 5. The van der Waals surface area contributed by atoms with Crippen LogP contribution in [-0.4, -0.2) is 155 Å². The lowest BCUT2D eigenvalue weighted by Crippen LogP contribution is -2.54. The molecule has 2 fully saturated rings. The van der Waals surface area contributed by atoms with Crippen molar-refractivity contribution in [1.29, 1.82) is 0 Å². The molecular weight excluding hydrogens is 973 g/mol. The summed E-state index contributed by atoms with van der Waals surface area (Å²) in [4.78, 5) is 45.3. The molecule has 18 nitrogen and oxygen atoms in total. The van der Waals surface area contributed by atoms with Gasteiger partial charge >= 0.3 is 0 Å². The summed E-state index contributed by atoms with van der Waals surface area (Å²) in [6, 6.07) is 25.1. The number of nitrogens with zero attached hydrogens (tertiary/aromatic N) is 7. The number of hydrogen-bond acceptors (Lipinski definition) is 16. The summed E-state index contributed by atoms with van der Waals surface area (Å²) in [5.41, 5.74) is 13.5. The summed E-state index contributed by atoms with van der Waals surface area (Å²) < 4.78 is 30.9. The summed E-state index contributed by atoms with van der Waals surface area (Å²) >= 11 is 1.61. The number of rotatable bonds is 27. The fourth-order valence-corrected chi connectivity index (χ4v) is 10.3. The van der Waals surface area contributed by atoms with Gasteiger partial charge in [0, 0.05) is 50.9 Å². The molecule has 5 N–H and O–H groups in total. The van der Waals surface area contributed by atoms with Gasteiger partial charge in [-0.1, -0.05) is 63.2 Å². The Kier molecular flexibility index (Phi) is 20.1. The quantitative estimate of drug-likeness (QED) is 0.0380. The number of carbonyl (C=O) groups is 2. The molecule has 402 valence electrons. The third-order valence-corrected chi connectivity index (χ3v) is 14.8. The Balaban J connectivity index is 0.639. The molecule has 3 aromatic carbocycles. The highest BCUT2D eigenvalue weighted by Gasteiger charge is 2.39. The van der Waals surface area contributed by atoms with E-state index in [0.717, 1.165) is 101 Å². The molecule has 19 heteroatoms. The zero-order valence-corrected chi connectivity index (χ0v) is 44.6. The topological polar surface area (TPSA) is 214 Å². The van der Waals surface area contributed by atoms with Crippen molar-refractivity contribution in [3.8, 4) is 33.2 Å². The van der Waals surface area contributed by atoms with Crippen LogP contribution in [0.1, 0.15) is 70.2 Å². The van der Waals surface area contributed by atoms with Gasteiger partial charge in [0.05, 0.1) is 79.3 Å². The van der Waals surface area contributed by atoms with Crippen molar-refractivity contribution in [2.45, 2.75) is 90.6 Å². The van der Waals surface area contributed by atoms with Gasteiger partial charge in [-0.25, -0.2) is 19.6 Å². The number of nitrogen functional groups attached to an aromatic ring is 1. The third-order valence-electron chi connectivity index (χ3n) is 13.8. The molecule has 2 aliphatic heterocycles. The molecule has 6 aromatic rings. The van der Waals surface area contributed by atoms with E-state index in [0.29, 0.717) is 71.5 Å². The maximum atomic E-state index is 13.4. The largest absolute Gasteiger partial charge is 0.457 e. The van der Waals surface area contributed by atoms with E-state index in [1.54, 1.807) is 11.3 Å². The Morgan fingerprint density at radius 1 is 0.827 bits per heavy atom. The van der Waals surface area contributed by atoms with E-state index in [2.05, 4.69) is 35.2 Å². The first-order valence-corrected chi connectivity index (χ1v) is 27.1. The van der Waals surface area contributed by atoms with Gasteiger partial charge in [0.25, 0.3) is 0 Å². The van der Waals surface area contributed by atoms with E-state index in [9.17, 15) is 14.7 Å². The first kappa shape index (κ1) is 55.3. The number of nitrogens with two attached hydrogens (primary N) is 1. The van der Waals surface area contributed by atoms with Crippen molar-refractivity contribution < 1.29 is 38.4 Å². The number of anilines is 1. The Morgan fingerprint density at radius 3 is 2.17 bits per heavy atom. The molecule has 0 saturated carbocycles. The maximum Gasteiger partial charge on any atom is 0.246 e. The number of amides is 2. The van der Waals surface area contributed by atoms with E-state index in [4.69, 9.17) is 34.5 Å². The number of fused-ring (bicyclic) bond motifs is 1. The van der Waals surface area contributed by atoms with Gasteiger partial charge in [-0.2, -0.15) is 5.10 Å². The Hall–Kier alpha value is -5.90. The minimum atomic E-state index is -0.631. The lowest BCUT2D eigenvalue weighted by molar-refractivity contribution is -0.128. The molecule has 2 saturated heterocycles. The highest BCUT2D eigenvalue weighted by molar-refractivity contribution is 7.13. The number of carbonyl (C=O) groups excluding carboxylic acids is 2. The van der Waals surface area contributed by atoms with Crippen LogP contribution in [0.25, 0.3) is 32.7 Å². The number of aliphatic hydroxyl groups is 1. The van der Waals surface area contributed by atoms with Crippen LogP contribution in [0.5, 0.6) is 11.5 Å². The number of hydrogen-bond donors (Lipinski definition) is 4. The van der Waals surface area contributed by atoms with Crippen LogP contribution < -0.4 is 21.1 Å². The Labute approximate surface area is 444 Å². The number of benzene rings is 3. The summed E-state index contributed by atoms with van der Waals surface area (Å²) in [6.45, 7) is 15.3. The average Bonchev–Trinajstić information content (AvgIpc) is 4.14. The predicted octanol–water partition coefficient (Wildman–Crippen LogP) is 7.07. The minimum Gasteiger partial charge on any atom is -0.457 e. The Morgan fingerprint density at radius 2 is 1.49 bits per heavy atom. The molecule has 5 heterocycles. The summed E-state index contributed by atoms with van der Waals surface area (Å²) in [5, 5.41) is 22.6. The number of piperidine rings is 1. The highest BCUT2D eigenvalue weighted by Crippen LogP contribution is 2.36. The van der Waals surface area contributed by atoms with Crippen LogP contribution in [0.15, 0.2) is 90.7 Å². The average molecular weight is 1050 g/mol. The molecule has 3 atom stereocenters. The SMILES string of the molecule is Cc1ncsc1-c1ccc(CNC(=O)[C@@H]2C[C@@H](O)CN2C[C@@H](NC(=O)COCCOCCOCCOCCCCN2CCC(n3nc(-c4ccc(Oc5ccccc5)cc4)c4c(N)ncnc43)CC2)C(C)(C)C)cc1. The lowest BCUT2D eigenvalue weighted by atomic mass is 9.86. The van der Waals surface area contributed by atoms with Gasteiger partial charge in [0.15, 0.2) is 5.65 Å². The van der Waals surface area contributed by atoms with Crippen LogP contribution in [0, 0.1) is 12.3 Å². The van der Waals surface area contributed by atoms with Crippen molar-refractivity contribution in [2.24, 2.45) is 5.41 Å². The normalized spacial score (nSPS) is 17.1. The van der Waals surface area contributed by atoms with Crippen LogP contribution in [-0.2, 0) is 35.1 Å². The first-order valence-electron chi connectivity index (χ1n) is 26.2. The summed E-state index contributed by atoms with van der Waals surface area (Å²) in [7, 11) is 0. The van der Waals surface area contributed by atoms with Crippen molar-refractivity contribution in [3.63, 3.8) is 0 Å². The lowest BCUT2D eigenvalue weighted by Gasteiger charge is -2.36. The van der Waals surface area contributed by atoms with Gasteiger partial charge in [-0.3, -0.25) is 14.5 Å². The number of aromatic nitrogens is 5. The van der Waals surface area contributed by atoms with Crippen molar-refractivity contribution in [2.75, 3.05) is 91.3 Å². The number of para-hydroxylation sites is 1. The number of aryl methyl sites for hydroxylation is 1. The van der Waals surface area contributed by atoms with Crippen molar-refractivity contribution in [3.05, 3.63) is 102 Å². The number of thiazole rings is 1. The molecule has 3 aromatic heterocycles. The van der Waals surface area contributed by atoms with E-state index in [1.165, 1.54) is 6.33 Å². The van der Waals surface area contributed by atoms with Gasteiger partial charge in [0.2, 0.25) is 11.8 Å². The zero-order chi connectivity index (χ0) is 52.6. The second kappa shape index (κ2) is 27.2. The van der Waals surface area contributed by atoms with Gasteiger partial charge < -0.3 is 50.1 Å². The minimum absolute atomic E-state index is 0.114. The third kappa shape index (κ3) is 15.8. The monoisotopic (exact) mass is 1050 g/mol. The molecule has 0 radical (unpaired) electrons. The molecule has 2 aliphatic rings. The van der Waals surface area contributed by atoms with Gasteiger partial charge in [-0.05, 0) is 98.5 Å². The zero-order valence-electron chi connectivity index (χ0n) is 43.8. The molecular formula is C56H74N10O8S. The summed E-state index contributed by atoms with van der Waals surface area (Å²) in [5.74, 6) is 1.56. The second-order valence-electron chi connectivity index (χ2n) is 20.4. The molecule has 75 heavy (non-hydrogen) atoms. The van der Waals surface area contributed by atoms with Crippen LogP contribution in [0.4, 0.5) is 5.82 Å². The Bertz CT molecular complexity index is 2710. The fourth-order valence-electron chi connectivity index (χ4n) is 9.53. The maximum absolute atomic E-state index is 13.4. The fraction of sp³-hybridized carbons (Fsp3) is 0.500.